The molecule has 0 saturated heterocycles. The van der Waals surface area contributed by atoms with Gasteiger partial charge < -0.3 is 25.2 Å². The maximum Gasteiger partial charge on any atom is 0.340 e. The predicted octanol–water partition coefficient (Wildman–Crippen LogP) is -2.33. The third-order valence-electron chi connectivity index (χ3n) is 1.08. The highest BCUT2D eigenvalue weighted by Gasteiger charge is 2.31. The summed E-state index contributed by atoms with van der Waals surface area (Å²) in [6.07, 6.45) is -5.93. The fourth-order valence-corrected chi connectivity index (χ4v) is 0.502. The van der Waals surface area contributed by atoms with Gasteiger partial charge in [0.2, 0.25) is 0 Å². The van der Waals surface area contributed by atoms with E-state index in [9.17, 15) is 9.59 Å². The summed E-state index contributed by atoms with van der Waals surface area (Å²) in [6.45, 7) is 1.10. The third-order valence-corrected chi connectivity index (χ3v) is 1.08. The summed E-state index contributed by atoms with van der Waals surface area (Å²) in [5.74, 6) is -3.15. The number of carboxylic acids is 1. The van der Waals surface area contributed by atoms with Gasteiger partial charge in [-0.25, -0.2) is 9.59 Å². The first-order chi connectivity index (χ1) is 5.86. The molecule has 0 aromatic rings. The summed E-state index contributed by atoms with van der Waals surface area (Å²) >= 11 is 0. The van der Waals surface area contributed by atoms with E-state index >= 15 is 0 Å². The second-order valence-corrected chi connectivity index (χ2v) is 2.26. The Morgan fingerprint density at radius 1 is 1.15 bits per heavy atom. The maximum atomic E-state index is 10.6. The molecule has 76 valence electrons. The van der Waals surface area contributed by atoms with E-state index in [1.165, 1.54) is 0 Å². The standard InChI is InChI=1S/C6H10O7/c1-2(7)13-6(12)4(9)3(8)5(10)11/h2-4,7-9H,1H3,(H,10,11). The fourth-order valence-electron chi connectivity index (χ4n) is 0.502. The summed E-state index contributed by atoms with van der Waals surface area (Å²) in [4.78, 5) is 20.7. The number of ether oxygens (including phenoxy) is 1. The van der Waals surface area contributed by atoms with Gasteiger partial charge in [-0.3, -0.25) is 0 Å². The fraction of sp³-hybridized carbons (Fsp3) is 0.667. The molecule has 0 aliphatic rings. The van der Waals surface area contributed by atoms with Gasteiger partial charge in [-0.05, 0) is 6.92 Å². The van der Waals surface area contributed by atoms with Crippen molar-refractivity contribution in [2.75, 3.05) is 0 Å². The van der Waals surface area contributed by atoms with Crippen molar-refractivity contribution in [2.24, 2.45) is 0 Å². The lowest BCUT2D eigenvalue weighted by Crippen LogP contribution is -2.41. The van der Waals surface area contributed by atoms with Crippen LogP contribution in [0.25, 0.3) is 0 Å². The Morgan fingerprint density at radius 2 is 1.62 bits per heavy atom. The van der Waals surface area contributed by atoms with E-state index in [1.807, 2.05) is 0 Å². The predicted molar refractivity (Wildman–Crippen MR) is 37.4 cm³/mol. The Balaban J connectivity index is 4.17. The van der Waals surface area contributed by atoms with E-state index < -0.39 is 30.4 Å². The number of carbonyl (C=O) groups is 2. The van der Waals surface area contributed by atoms with Gasteiger partial charge in [0.25, 0.3) is 0 Å². The molecule has 0 rings (SSSR count). The molecule has 0 heterocycles. The molecule has 13 heavy (non-hydrogen) atoms. The second-order valence-electron chi connectivity index (χ2n) is 2.26. The largest absolute Gasteiger partial charge is 0.479 e. The average Bonchev–Trinajstić information content (AvgIpc) is 2.00. The van der Waals surface area contributed by atoms with Gasteiger partial charge in [-0.1, -0.05) is 0 Å². The first kappa shape index (κ1) is 11.8. The monoisotopic (exact) mass is 194 g/mol. The molecule has 7 heteroatoms. The Kier molecular flexibility index (Phi) is 4.32. The van der Waals surface area contributed by atoms with Crippen LogP contribution in [0.15, 0.2) is 0 Å². The molecular weight excluding hydrogens is 184 g/mol. The highest BCUT2D eigenvalue weighted by atomic mass is 16.6. The number of hydrogen-bond acceptors (Lipinski definition) is 6. The molecule has 0 saturated carbocycles. The molecule has 0 aromatic heterocycles. The molecule has 3 unspecified atom stereocenters. The zero-order valence-corrected chi connectivity index (χ0v) is 6.75. The van der Waals surface area contributed by atoms with Crippen molar-refractivity contribution in [2.45, 2.75) is 25.4 Å². The summed E-state index contributed by atoms with van der Waals surface area (Å²) in [5, 5.41) is 34.1. The quantitative estimate of drug-likeness (QED) is 0.292. The van der Waals surface area contributed by atoms with Crippen LogP contribution >= 0.6 is 0 Å². The highest BCUT2D eigenvalue weighted by Crippen LogP contribution is 1.98. The molecule has 0 aliphatic carbocycles. The van der Waals surface area contributed by atoms with Crippen LogP contribution in [0.1, 0.15) is 6.92 Å². The Bertz CT molecular complexity index is 199. The number of aliphatic hydroxyl groups excluding tert-OH is 3. The summed E-state index contributed by atoms with van der Waals surface area (Å²) in [7, 11) is 0. The van der Waals surface area contributed by atoms with Gasteiger partial charge in [0, 0.05) is 0 Å². The molecule has 0 bridgehead atoms. The van der Waals surface area contributed by atoms with Crippen LogP contribution in [0.4, 0.5) is 0 Å². The first-order valence-electron chi connectivity index (χ1n) is 3.33. The van der Waals surface area contributed by atoms with Gasteiger partial charge in [0.1, 0.15) is 0 Å². The van der Waals surface area contributed by atoms with Gasteiger partial charge in [0.15, 0.2) is 18.5 Å². The number of aliphatic carboxylic acids is 1. The number of rotatable bonds is 4. The van der Waals surface area contributed by atoms with E-state index in [0.29, 0.717) is 0 Å². The lowest BCUT2D eigenvalue weighted by Gasteiger charge is -2.14. The molecule has 0 fully saturated rings. The average molecular weight is 194 g/mol. The van der Waals surface area contributed by atoms with E-state index in [4.69, 9.17) is 20.4 Å². The molecule has 0 aliphatic heterocycles. The van der Waals surface area contributed by atoms with Crippen molar-refractivity contribution in [1.82, 2.24) is 0 Å². The minimum absolute atomic E-state index is 1.10. The topological polar surface area (TPSA) is 124 Å². The van der Waals surface area contributed by atoms with Crippen LogP contribution < -0.4 is 0 Å². The molecular formula is C6H10O7. The minimum atomic E-state index is -2.26. The van der Waals surface area contributed by atoms with Crippen LogP contribution in [-0.4, -0.2) is 50.9 Å². The van der Waals surface area contributed by atoms with Crippen molar-refractivity contribution in [3.05, 3.63) is 0 Å². The minimum Gasteiger partial charge on any atom is -0.479 e. The number of hydrogen-bond donors (Lipinski definition) is 4. The molecule has 0 aromatic carbocycles. The van der Waals surface area contributed by atoms with Crippen molar-refractivity contribution in [3.8, 4) is 0 Å². The van der Waals surface area contributed by atoms with Crippen LogP contribution in [0, 0.1) is 0 Å². The Hall–Kier alpha value is -1.18. The molecule has 3 atom stereocenters. The van der Waals surface area contributed by atoms with E-state index in [1.54, 1.807) is 0 Å². The summed E-state index contributed by atoms with van der Waals surface area (Å²) < 4.78 is 4.03. The molecule has 0 radical (unpaired) electrons. The van der Waals surface area contributed by atoms with Gasteiger partial charge in [-0.2, -0.15) is 0 Å². The van der Waals surface area contributed by atoms with Crippen LogP contribution in [-0.2, 0) is 14.3 Å². The van der Waals surface area contributed by atoms with Crippen molar-refractivity contribution >= 4 is 11.9 Å². The molecule has 4 N–H and O–H groups in total. The van der Waals surface area contributed by atoms with Crippen molar-refractivity contribution < 1.29 is 34.8 Å². The van der Waals surface area contributed by atoms with Crippen molar-refractivity contribution in [3.63, 3.8) is 0 Å². The smallest absolute Gasteiger partial charge is 0.340 e. The van der Waals surface area contributed by atoms with Gasteiger partial charge in [0.05, 0.1) is 0 Å². The Morgan fingerprint density at radius 3 is 1.92 bits per heavy atom. The van der Waals surface area contributed by atoms with Crippen LogP contribution in [0.3, 0.4) is 0 Å². The number of carboxylic acid groups (broad SMARTS) is 1. The number of carbonyl (C=O) groups excluding carboxylic acids is 1. The first-order valence-corrected chi connectivity index (χ1v) is 3.33. The van der Waals surface area contributed by atoms with Crippen molar-refractivity contribution in [1.29, 1.82) is 0 Å². The summed E-state index contributed by atoms with van der Waals surface area (Å²) in [5.41, 5.74) is 0. The number of esters is 1. The number of aliphatic hydroxyl groups is 3. The third kappa shape index (κ3) is 3.83. The van der Waals surface area contributed by atoms with Crippen LogP contribution in [0.5, 0.6) is 0 Å². The lowest BCUT2D eigenvalue weighted by atomic mass is 10.2. The maximum absolute atomic E-state index is 10.6. The van der Waals surface area contributed by atoms with E-state index in [2.05, 4.69) is 4.74 Å². The molecule has 7 nitrogen and oxygen atoms in total. The normalized spacial score (nSPS) is 17.2. The van der Waals surface area contributed by atoms with Gasteiger partial charge in [-0.15, -0.1) is 0 Å². The zero-order valence-electron chi connectivity index (χ0n) is 6.75. The Labute approximate surface area is 73.2 Å². The lowest BCUT2D eigenvalue weighted by molar-refractivity contribution is -0.184. The summed E-state index contributed by atoms with van der Waals surface area (Å²) in [6, 6.07) is 0. The highest BCUT2D eigenvalue weighted by molar-refractivity contribution is 5.84. The van der Waals surface area contributed by atoms with E-state index in [0.717, 1.165) is 6.92 Å². The molecule has 0 spiro atoms. The molecule has 0 amide bonds. The SMILES string of the molecule is CC(O)OC(=O)C(O)C(O)C(=O)O. The van der Waals surface area contributed by atoms with Gasteiger partial charge >= 0.3 is 11.9 Å². The van der Waals surface area contributed by atoms with E-state index in [-0.39, 0.29) is 0 Å². The van der Waals surface area contributed by atoms with Crippen LogP contribution in [0.2, 0.25) is 0 Å². The second kappa shape index (κ2) is 4.75. The zero-order chi connectivity index (χ0) is 10.6.